The van der Waals surface area contributed by atoms with Crippen molar-refractivity contribution in [3.63, 3.8) is 0 Å². The predicted molar refractivity (Wildman–Crippen MR) is 85.6 cm³/mol. The summed E-state index contributed by atoms with van der Waals surface area (Å²) >= 11 is 1.37. The Labute approximate surface area is 137 Å². The van der Waals surface area contributed by atoms with Gasteiger partial charge in [-0.05, 0) is 44.1 Å². The Morgan fingerprint density at radius 2 is 2.30 bits per heavy atom. The minimum Gasteiger partial charge on any atom is -0.316 e. The molecule has 1 saturated heterocycles. The van der Waals surface area contributed by atoms with Crippen LogP contribution >= 0.6 is 11.8 Å². The van der Waals surface area contributed by atoms with Crippen LogP contribution in [0, 0.1) is 17.0 Å². The Morgan fingerprint density at radius 3 is 2.96 bits per heavy atom. The zero-order valence-electron chi connectivity index (χ0n) is 13.0. The molecule has 0 bridgehead atoms. The summed E-state index contributed by atoms with van der Waals surface area (Å²) in [7, 11) is 1.95. The van der Waals surface area contributed by atoms with E-state index in [-0.39, 0.29) is 5.69 Å². The average molecular weight is 334 g/mol. The van der Waals surface area contributed by atoms with Crippen LogP contribution in [0.5, 0.6) is 0 Å². The van der Waals surface area contributed by atoms with E-state index < -0.39 is 4.92 Å². The Bertz CT molecular complexity index is 726. The van der Waals surface area contributed by atoms with Crippen molar-refractivity contribution in [2.45, 2.75) is 35.9 Å². The Morgan fingerprint density at radius 1 is 1.48 bits per heavy atom. The van der Waals surface area contributed by atoms with Gasteiger partial charge in [0.15, 0.2) is 5.16 Å². The van der Waals surface area contributed by atoms with Crippen LogP contribution in [-0.2, 0) is 7.05 Å². The molecule has 3 heterocycles. The summed E-state index contributed by atoms with van der Waals surface area (Å²) < 4.78 is 1.99. The van der Waals surface area contributed by atoms with Gasteiger partial charge in [0, 0.05) is 25.1 Å². The zero-order chi connectivity index (χ0) is 16.4. The van der Waals surface area contributed by atoms with E-state index in [1.54, 1.807) is 13.0 Å². The van der Waals surface area contributed by atoms with E-state index in [2.05, 4.69) is 20.5 Å². The number of nitrogens with one attached hydrogen (secondary N) is 1. The van der Waals surface area contributed by atoms with Gasteiger partial charge in [-0.3, -0.25) is 10.1 Å². The molecule has 1 N–H and O–H groups in total. The Kier molecular flexibility index (Phi) is 4.58. The second-order valence-corrected chi connectivity index (χ2v) is 6.60. The monoisotopic (exact) mass is 334 g/mol. The predicted octanol–water partition coefficient (Wildman–Crippen LogP) is 2.04. The highest BCUT2D eigenvalue weighted by Crippen LogP contribution is 2.30. The summed E-state index contributed by atoms with van der Waals surface area (Å²) in [6, 6.07) is 1.71. The second-order valence-electron chi connectivity index (χ2n) is 5.61. The van der Waals surface area contributed by atoms with Gasteiger partial charge in [0.2, 0.25) is 0 Å². The maximum Gasteiger partial charge on any atom is 0.290 e. The third kappa shape index (κ3) is 3.35. The largest absolute Gasteiger partial charge is 0.316 e. The van der Waals surface area contributed by atoms with Crippen molar-refractivity contribution in [3.05, 3.63) is 33.8 Å². The molecular formula is C14H18N6O2S. The lowest BCUT2D eigenvalue weighted by Gasteiger charge is -2.21. The fraction of sp³-hybridized carbons (Fsp3) is 0.500. The van der Waals surface area contributed by atoms with Crippen molar-refractivity contribution in [1.82, 2.24) is 25.1 Å². The molecule has 1 aliphatic heterocycles. The normalized spacial score (nSPS) is 18.1. The Balaban J connectivity index is 1.79. The third-order valence-corrected chi connectivity index (χ3v) is 4.95. The zero-order valence-corrected chi connectivity index (χ0v) is 13.8. The van der Waals surface area contributed by atoms with Gasteiger partial charge < -0.3 is 9.88 Å². The molecule has 0 saturated carbocycles. The van der Waals surface area contributed by atoms with Gasteiger partial charge in [-0.1, -0.05) is 0 Å². The first-order valence-corrected chi connectivity index (χ1v) is 8.27. The van der Waals surface area contributed by atoms with E-state index in [9.17, 15) is 10.1 Å². The molecule has 2 aromatic rings. The van der Waals surface area contributed by atoms with E-state index in [0.717, 1.165) is 36.9 Å². The summed E-state index contributed by atoms with van der Waals surface area (Å²) in [5.74, 6) is 1.35. The van der Waals surface area contributed by atoms with Crippen molar-refractivity contribution in [1.29, 1.82) is 0 Å². The molecule has 2 aromatic heterocycles. The molecular weight excluding hydrogens is 316 g/mol. The standard InChI is InChI=1S/C14H18N6O2S/c1-9-6-12(16-8-11(9)20(21)22)23-14-18-17-13(19(14)2)10-4-3-5-15-7-10/h6,8,10,15H,3-5,7H2,1-2H3. The maximum absolute atomic E-state index is 10.9. The number of nitrogens with zero attached hydrogens (tertiary/aromatic N) is 5. The number of hydrogen-bond acceptors (Lipinski definition) is 7. The van der Waals surface area contributed by atoms with Gasteiger partial charge in [-0.15, -0.1) is 10.2 Å². The molecule has 9 heteroatoms. The number of piperidine rings is 1. The highest BCUT2D eigenvalue weighted by molar-refractivity contribution is 7.99. The topological polar surface area (TPSA) is 98.8 Å². The van der Waals surface area contributed by atoms with E-state index >= 15 is 0 Å². The van der Waals surface area contributed by atoms with Crippen LogP contribution in [0.25, 0.3) is 0 Å². The van der Waals surface area contributed by atoms with Crippen LogP contribution in [-0.4, -0.2) is 37.8 Å². The van der Waals surface area contributed by atoms with Gasteiger partial charge in [0.1, 0.15) is 17.0 Å². The number of aromatic nitrogens is 4. The van der Waals surface area contributed by atoms with Crippen LogP contribution < -0.4 is 5.32 Å². The molecule has 1 atom stereocenters. The van der Waals surface area contributed by atoms with Gasteiger partial charge in [0.05, 0.1) is 4.92 Å². The van der Waals surface area contributed by atoms with Crippen molar-refractivity contribution in [2.24, 2.45) is 7.05 Å². The van der Waals surface area contributed by atoms with Crippen LogP contribution in [0.15, 0.2) is 22.4 Å². The molecule has 0 radical (unpaired) electrons. The summed E-state index contributed by atoms with van der Waals surface area (Å²) in [5.41, 5.74) is 0.618. The van der Waals surface area contributed by atoms with E-state index in [0.29, 0.717) is 16.5 Å². The molecule has 0 aliphatic carbocycles. The van der Waals surface area contributed by atoms with Crippen LogP contribution in [0.1, 0.15) is 30.1 Å². The van der Waals surface area contributed by atoms with Crippen molar-refractivity contribution in [3.8, 4) is 0 Å². The second kappa shape index (κ2) is 6.63. The summed E-state index contributed by atoms with van der Waals surface area (Å²) in [6.45, 7) is 3.69. The molecule has 122 valence electrons. The lowest BCUT2D eigenvalue weighted by atomic mass is 9.99. The van der Waals surface area contributed by atoms with Crippen LogP contribution in [0.3, 0.4) is 0 Å². The molecule has 8 nitrogen and oxygen atoms in total. The average Bonchev–Trinajstić information content (AvgIpc) is 2.89. The first kappa shape index (κ1) is 15.9. The number of nitro groups is 1. The quantitative estimate of drug-likeness (QED) is 0.674. The molecule has 0 amide bonds. The molecule has 0 spiro atoms. The smallest absolute Gasteiger partial charge is 0.290 e. The van der Waals surface area contributed by atoms with Gasteiger partial charge >= 0.3 is 0 Å². The van der Waals surface area contributed by atoms with Crippen LogP contribution in [0.2, 0.25) is 0 Å². The number of aryl methyl sites for hydroxylation is 1. The number of hydrogen-bond donors (Lipinski definition) is 1. The first-order chi connectivity index (χ1) is 11.1. The van der Waals surface area contributed by atoms with E-state index in [1.165, 1.54) is 18.0 Å². The van der Waals surface area contributed by atoms with Crippen molar-refractivity contribution < 1.29 is 4.92 Å². The van der Waals surface area contributed by atoms with Crippen molar-refractivity contribution >= 4 is 17.4 Å². The lowest BCUT2D eigenvalue weighted by Crippen LogP contribution is -2.29. The summed E-state index contributed by atoms with van der Waals surface area (Å²) in [6.07, 6.45) is 3.54. The number of rotatable bonds is 4. The van der Waals surface area contributed by atoms with Gasteiger partial charge in [-0.25, -0.2) is 4.98 Å². The minimum atomic E-state index is -0.423. The Hall–Kier alpha value is -2.00. The molecule has 1 aliphatic rings. The van der Waals surface area contributed by atoms with E-state index in [1.807, 2.05) is 11.6 Å². The maximum atomic E-state index is 10.9. The number of pyridine rings is 1. The summed E-state index contributed by atoms with van der Waals surface area (Å²) in [4.78, 5) is 14.6. The fourth-order valence-corrected chi connectivity index (χ4v) is 3.55. The third-order valence-electron chi connectivity index (χ3n) is 3.98. The SMILES string of the molecule is Cc1cc(Sc2nnc(C3CCCNC3)n2C)ncc1[N+](=O)[O-]. The highest BCUT2D eigenvalue weighted by atomic mass is 32.2. The molecule has 1 unspecified atom stereocenters. The molecule has 23 heavy (non-hydrogen) atoms. The first-order valence-electron chi connectivity index (χ1n) is 7.45. The fourth-order valence-electron chi connectivity index (χ4n) is 2.71. The van der Waals surface area contributed by atoms with Crippen molar-refractivity contribution in [2.75, 3.05) is 13.1 Å². The molecule has 1 fully saturated rings. The summed E-state index contributed by atoms with van der Waals surface area (Å²) in [5, 5.41) is 24.2. The van der Waals surface area contributed by atoms with Gasteiger partial charge in [-0.2, -0.15) is 0 Å². The van der Waals surface area contributed by atoms with E-state index in [4.69, 9.17) is 0 Å². The van der Waals surface area contributed by atoms with Crippen LogP contribution in [0.4, 0.5) is 5.69 Å². The molecule has 0 aromatic carbocycles. The minimum absolute atomic E-state index is 0.0290. The van der Waals surface area contributed by atoms with Gasteiger partial charge in [0.25, 0.3) is 5.69 Å². The lowest BCUT2D eigenvalue weighted by molar-refractivity contribution is -0.385. The highest BCUT2D eigenvalue weighted by Gasteiger charge is 2.22. The molecule has 3 rings (SSSR count).